The van der Waals surface area contributed by atoms with Gasteiger partial charge in [0.05, 0.1) is 15.9 Å². The second kappa shape index (κ2) is 9.16. The molecule has 0 aliphatic heterocycles. The summed E-state index contributed by atoms with van der Waals surface area (Å²) in [5, 5.41) is 1.03. The van der Waals surface area contributed by atoms with Crippen molar-refractivity contribution in [1.82, 2.24) is 4.98 Å². The summed E-state index contributed by atoms with van der Waals surface area (Å²) in [7, 11) is 0. The van der Waals surface area contributed by atoms with Gasteiger partial charge >= 0.3 is 0 Å². The second-order valence-corrected chi connectivity index (χ2v) is 8.64. The maximum absolute atomic E-state index is 6.03. The van der Waals surface area contributed by atoms with E-state index >= 15 is 0 Å². The third-order valence-corrected chi connectivity index (χ3v) is 6.23. The highest BCUT2D eigenvalue weighted by molar-refractivity contribution is 7.21. The summed E-state index contributed by atoms with van der Waals surface area (Å²) >= 11 is 1.72. The molecule has 1 aromatic heterocycles. The van der Waals surface area contributed by atoms with Crippen LogP contribution < -0.4 is 4.74 Å². The van der Waals surface area contributed by atoms with E-state index in [-0.39, 0.29) is 0 Å². The molecular weight excluding hydrogens is 412 g/mol. The molecule has 1 heterocycles. The highest BCUT2D eigenvalue weighted by Crippen LogP contribution is 2.31. The molecular formula is C28H22N2OS. The van der Waals surface area contributed by atoms with Crippen molar-refractivity contribution in [3.05, 3.63) is 114 Å². The van der Waals surface area contributed by atoms with Gasteiger partial charge in [-0.1, -0.05) is 48.5 Å². The number of aryl methyl sites for hydroxylation is 1. The molecule has 0 amide bonds. The zero-order valence-electron chi connectivity index (χ0n) is 17.7. The van der Waals surface area contributed by atoms with Crippen LogP contribution in [0.3, 0.4) is 0 Å². The van der Waals surface area contributed by atoms with Crippen LogP contribution in [0.1, 0.15) is 16.7 Å². The number of hydrogen-bond acceptors (Lipinski definition) is 4. The second-order valence-electron chi connectivity index (χ2n) is 7.61. The Morgan fingerprint density at radius 1 is 0.875 bits per heavy atom. The number of aliphatic imine (C=N–C) groups is 1. The fourth-order valence-electron chi connectivity index (χ4n) is 3.44. The molecule has 4 aromatic carbocycles. The van der Waals surface area contributed by atoms with E-state index < -0.39 is 0 Å². The van der Waals surface area contributed by atoms with Gasteiger partial charge in [0.2, 0.25) is 0 Å². The number of fused-ring (bicyclic) bond motifs is 1. The van der Waals surface area contributed by atoms with Gasteiger partial charge in [-0.25, -0.2) is 4.98 Å². The van der Waals surface area contributed by atoms with E-state index in [0.717, 1.165) is 38.7 Å². The zero-order chi connectivity index (χ0) is 21.8. The van der Waals surface area contributed by atoms with Gasteiger partial charge in [-0.2, -0.15) is 0 Å². The Labute approximate surface area is 191 Å². The summed E-state index contributed by atoms with van der Waals surface area (Å²) in [4.78, 5) is 9.43. The normalized spacial score (nSPS) is 11.3. The number of ether oxygens (including phenoxy) is 1. The van der Waals surface area contributed by atoms with Crippen molar-refractivity contribution in [3.63, 3.8) is 0 Å². The van der Waals surface area contributed by atoms with Gasteiger partial charge in [0.25, 0.3) is 0 Å². The van der Waals surface area contributed by atoms with Crippen molar-refractivity contribution in [2.24, 2.45) is 4.99 Å². The lowest BCUT2D eigenvalue weighted by molar-refractivity contribution is 0.306. The molecule has 32 heavy (non-hydrogen) atoms. The van der Waals surface area contributed by atoms with Crippen LogP contribution in [0.2, 0.25) is 0 Å². The molecule has 0 N–H and O–H groups in total. The number of thiazole rings is 1. The Balaban J connectivity index is 1.31. The van der Waals surface area contributed by atoms with Gasteiger partial charge in [-0.15, -0.1) is 11.3 Å². The van der Waals surface area contributed by atoms with E-state index in [0.29, 0.717) is 6.61 Å². The molecule has 4 heteroatoms. The molecule has 0 spiro atoms. The first-order valence-electron chi connectivity index (χ1n) is 10.5. The first-order valence-corrected chi connectivity index (χ1v) is 11.3. The first kappa shape index (κ1) is 20.2. The fourth-order valence-corrected chi connectivity index (χ4v) is 4.51. The third-order valence-electron chi connectivity index (χ3n) is 5.17. The Hall–Kier alpha value is -3.76. The van der Waals surface area contributed by atoms with E-state index in [1.807, 2.05) is 60.8 Å². The Morgan fingerprint density at radius 2 is 1.66 bits per heavy atom. The van der Waals surface area contributed by atoms with Crippen LogP contribution >= 0.6 is 11.3 Å². The number of nitrogens with zero attached hydrogens (tertiary/aromatic N) is 2. The van der Waals surface area contributed by atoms with Crippen LogP contribution in [-0.2, 0) is 6.61 Å². The number of rotatable bonds is 6. The molecule has 0 bridgehead atoms. The predicted octanol–water partition coefficient (Wildman–Crippen LogP) is 7.60. The molecule has 0 unspecified atom stereocenters. The average Bonchev–Trinajstić information content (AvgIpc) is 3.26. The highest BCUT2D eigenvalue weighted by atomic mass is 32.1. The van der Waals surface area contributed by atoms with E-state index in [2.05, 4.69) is 54.4 Å². The van der Waals surface area contributed by atoms with Crippen LogP contribution in [0.15, 0.2) is 102 Å². The van der Waals surface area contributed by atoms with Gasteiger partial charge in [0, 0.05) is 17.3 Å². The molecule has 3 nitrogen and oxygen atoms in total. The van der Waals surface area contributed by atoms with Crippen LogP contribution in [0, 0.1) is 6.92 Å². The summed E-state index contributed by atoms with van der Waals surface area (Å²) in [6.07, 6.45) is 1.86. The molecule has 5 rings (SSSR count). The van der Waals surface area contributed by atoms with E-state index in [1.165, 1.54) is 10.3 Å². The summed E-state index contributed by atoms with van der Waals surface area (Å²) < 4.78 is 7.24. The van der Waals surface area contributed by atoms with E-state index in [4.69, 9.17) is 9.72 Å². The minimum Gasteiger partial charge on any atom is -0.488 e. The smallest absolute Gasteiger partial charge is 0.128 e. The largest absolute Gasteiger partial charge is 0.488 e. The topological polar surface area (TPSA) is 34.5 Å². The van der Waals surface area contributed by atoms with Crippen molar-refractivity contribution in [1.29, 1.82) is 0 Å². The minimum absolute atomic E-state index is 0.530. The number of hydrogen-bond donors (Lipinski definition) is 0. The summed E-state index contributed by atoms with van der Waals surface area (Å²) in [5.74, 6) is 0.821. The van der Waals surface area contributed by atoms with Gasteiger partial charge in [-0.3, -0.25) is 4.99 Å². The van der Waals surface area contributed by atoms with Crippen molar-refractivity contribution in [2.45, 2.75) is 13.5 Å². The number of aromatic nitrogens is 1. The molecule has 0 saturated heterocycles. The highest BCUT2D eigenvalue weighted by Gasteiger charge is 2.07. The lowest BCUT2D eigenvalue weighted by Gasteiger charge is -2.09. The number of benzene rings is 4. The lowest BCUT2D eigenvalue weighted by atomic mass is 10.2. The predicted molar refractivity (Wildman–Crippen MR) is 134 cm³/mol. The minimum atomic E-state index is 0.530. The Kier molecular flexibility index (Phi) is 5.77. The van der Waals surface area contributed by atoms with E-state index in [9.17, 15) is 0 Å². The lowest BCUT2D eigenvalue weighted by Crippen LogP contribution is -1.97. The standard InChI is InChI=1S/C28H22N2OS/c1-20-11-16-25-27(17-20)32-28(30-25)22-12-14-24(15-13-22)29-18-23-9-5-6-10-26(23)31-19-21-7-3-2-4-8-21/h2-18H,19H2,1H3. The quantitative estimate of drug-likeness (QED) is 0.258. The average molecular weight is 435 g/mol. The Bertz CT molecular complexity index is 1370. The molecule has 0 radical (unpaired) electrons. The van der Waals surface area contributed by atoms with Crippen LogP contribution in [-0.4, -0.2) is 11.2 Å². The first-order chi connectivity index (χ1) is 15.7. The van der Waals surface area contributed by atoms with Crippen LogP contribution in [0.4, 0.5) is 5.69 Å². The molecule has 0 atom stereocenters. The molecule has 5 aromatic rings. The number of para-hydroxylation sites is 1. The molecule has 0 aliphatic carbocycles. The summed E-state index contributed by atoms with van der Waals surface area (Å²) in [5.41, 5.74) is 6.39. The van der Waals surface area contributed by atoms with Crippen LogP contribution in [0.5, 0.6) is 5.75 Å². The monoisotopic (exact) mass is 434 g/mol. The maximum atomic E-state index is 6.03. The van der Waals surface area contributed by atoms with Crippen molar-refractivity contribution < 1.29 is 4.74 Å². The fraction of sp³-hybridized carbons (Fsp3) is 0.0714. The Morgan fingerprint density at radius 3 is 2.50 bits per heavy atom. The third kappa shape index (κ3) is 4.61. The summed E-state index contributed by atoms with van der Waals surface area (Å²) in [6, 6.07) is 32.7. The molecule has 0 aliphatic rings. The SMILES string of the molecule is Cc1ccc2nc(-c3ccc(N=Cc4ccccc4OCc4ccccc4)cc3)sc2c1. The van der Waals surface area contributed by atoms with E-state index in [1.54, 1.807) is 11.3 Å². The zero-order valence-corrected chi connectivity index (χ0v) is 18.5. The molecule has 0 fully saturated rings. The molecule has 0 saturated carbocycles. The van der Waals surface area contributed by atoms with Crippen molar-refractivity contribution >= 4 is 33.5 Å². The van der Waals surface area contributed by atoms with Crippen LogP contribution in [0.25, 0.3) is 20.8 Å². The van der Waals surface area contributed by atoms with Gasteiger partial charge in [0.15, 0.2) is 0 Å². The van der Waals surface area contributed by atoms with Crippen molar-refractivity contribution in [3.8, 4) is 16.3 Å². The van der Waals surface area contributed by atoms with Crippen molar-refractivity contribution in [2.75, 3.05) is 0 Å². The molecule has 156 valence electrons. The summed E-state index contributed by atoms with van der Waals surface area (Å²) in [6.45, 7) is 2.64. The van der Waals surface area contributed by atoms with Gasteiger partial charge in [-0.05, 0) is 66.6 Å². The van der Waals surface area contributed by atoms with Gasteiger partial charge in [0.1, 0.15) is 17.4 Å². The maximum Gasteiger partial charge on any atom is 0.128 e. The van der Waals surface area contributed by atoms with Gasteiger partial charge < -0.3 is 4.74 Å².